The van der Waals surface area contributed by atoms with Gasteiger partial charge in [-0.25, -0.2) is 9.97 Å². The first-order valence-corrected chi connectivity index (χ1v) is 7.63. The highest BCUT2D eigenvalue weighted by Crippen LogP contribution is 2.21. The fourth-order valence-electron chi connectivity index (χ4n) is 2.62. The molecule has 0 spiro atoms. The molecule has 110 valence electrons. The maximum Gasteiger partial charge on any atom is 0.274 e. The number of piperidine rings is 1. The minimum absolute atomic E-state index is 0.0195. The van der Waals surface area contributed by atoms with Crippen LogP contribution in [0.25, 0.3) is 0 Å². The molecule has 0 bridgehead atoms. The molecule has 2 rings (SSSR count). The molecule has 0 radical (unpaired) electrons. The van der Waals surface area contributed by atoms with E-state index in [9.17, 15) is 4.79 Å². The van der Waals surface area contributed by atoms with Gasteiger partial charge in [-0.2, -0.15) is 0 Å². The lowest BCUT2D eigenvalue weighted by Crippen LogP contribution is -2.43. The van der Waals surface area contributed by atoms with Crippen molar-refractivity contribution in [3.05, 3.63) is 18.1 Å². The first kappa shape index (κ1) is 14.8. The van der Waals surface area contributed by atoms with Crippen molar-refractivity contribution in [2.45, 2.75) is 52.0 Å². The summed E-state index contributed by atoms with van der Waals surface area (Å²) in [6.07, 6.45) is 8.69. The van der Waals surface area contributed by atoms with E-state index in [0.29, 0.717) is 11.7 Å². The lowest BCUT2D eigenvalue weighted by molar-refractivity contribution is 0.0601. The molecular weight excluding hydrogens is 252 g/mol. The molecule has 1 aliphatic heterocycles. The Labute approximate surface area is 120 Å². The van der Waals surface area contributed by atoms with E-state index in [4.69, 9.17) is 0 Å². The summed E-state index contributed by atoms with van der Waals surface area (Å²) in [5, 5.41) is 3.16. The van der Waals surface area contributed by atoms with E-state index in [-0.39, 0.29) is 5.91 Å². The largest absolute Gasteiger partial charge is 0.369 e. The standard InChI is InChI=1S/C15H24N4O/c1-3-8-16-14-11-17-13(10-18-14)15(20)19-9-6-5-7-12(19)4-2/h10-12H,3-9H2,1-2H3,(H,16,18). The lowest BCUT2D eigenvalue weighted by Gasteiger charge is -2.34. The third-order valence-electron chi connectivity index (χ3n) is 3.79. The van der Waals surface area contributed by atoms with Crippen LogP contribution in [0.4, 0.5) is 5.82 Å². The zero-order valence-electron chi connectivity index (χ0n) is 12.4. The molecule has 1 saturated heterocycles. The van der Waals surface area contributed by atoms with Gasteiger partial charge in [-0.15, -0.1) is 0 Å². The smallest absolute Gasteiger partial charge is 0.274 e. The Morgan fingerprint density at radius 2 is 2.20 bits per heavy atom. The van der Waals surface area contributed by atoms with Gasteiger partial charge in [0, 0.05) is 19.1 Å². The van der Waals surface area contributed by atoms with Crippen LogP contribution in [-0.2, 0) is 0 Å². The summed E-state index contributed by atoms with van der Waals surface area (Å²) in [6.45, 7) is 5.94. The second kappa shape index (κ2) is 7.22. The van der Waals surface area contributed by atoms with Crippen LogP contribution in [-0.4, -0.2) is 39.9 Å². The highest BCUT2D eigenvalue weighted by Gasteiger charge is 2.26. The highest BCUT2D eigenvalue weighted by atomic mass is 16.2. The van der Waals surface area contributed by atoms with Gasteiger partial charge in [-0.1, -0.05) is 13.8 Å². The third kappa shape index (κ3) is 3.46. The summed E-state index contributed by atoms with van der Waals surface area (Å²) in [5.74, 6) is 0.750. The first-order valence-electron chi connectivity index (χ1n) is 7.63. The van der Waals surface area contributed by atoms with E-state index in [2.05, 4.69) is 29.1 Å². The third-order valence-corrected chi connectivity index (χ3v) is 3.79. The van der Waals surface area contributed by atoms with Gasteiger partial charge in [0.1, 0.15) is 11.5 Å². The predicted octanol–water partition coefficient (Wildman–Crippen LogP) is 2.70. The molecule has 20 heavy (non-hydrogen) atoms. The minimum atomic E-state index is 0.0195. The summed E-state index contributed by atoms with van der Waals surface area (Å²) in [4.78, 5) is 23.0. The van der Waals surface area contributed by atoms with Gasteiger partial charge >= 0.3 is 0 Å². The monoisotopic (exact) mass is 276 g/mol. The molecule has 0 aromatic carbocycles. The number of hydrogen-bond acceptors (Lipinski definition) is 4. The molecule has 0 saturated carbocycles. The molecule has 1 aromatic rings. The molecule has 1 unspecified atom stereocenters. The van der Waals surface area contributed by atoms with Crippen LogP contribution in [0, 0.1) is 0 Å². The molecule has 1 fully saturated rings. The van der Waals surface area contributed by atoms with Gasteiger partial charge in [0.15, 0.2) is 0 Å². The van der Waals surface area contributed by atoms with Gasteiger partial charge in [0.05, 0.1) is 12.4 Å². The number of anilines is 1. The number of likely N-dealkylation sites (tertiary alicyclic amines) is 1. The molecular formula is C15H24N4O. The van der Waals surface area contributed by atoms with Crippen LogP contribution >= 0.6 is 0 Å². The maximum atomic E-state index is 12.5. The first-order chi connectivity index (χ1) is 9.76. The number of nitrogens with zero attached hydrogens (tertiary/aromatic N) is 3. The molecule has 2 heterocycles. The summed E-state index contributed by atoms with van der Waals surface area (Å²) < 4.78 is 0. The van der Waals surface area contributed by atoms with E-state index in [1.165, 1.54) is 6.42 Å². The number of nitrogens with one attached hydrogen (secondary N) is 1. The molecule has 5 heteroatoms. The number of hydrogen-bond donors (Lipinski definition) is 1. The topological polar surface area (TPSA) is 58.1 Å². The Bertz CT molecular complexity index is 432. The van der Waals surface area contributed by atoms with Crippen molar-refractivity contribution in [3.8, 4) is 0 Å². The number of aromatic nitrogens is 2. The number of rotatable bonds is 5. The Morgan fingerprint density at radius 1 is 1.35 bits per heavy atom. The van der Waals surface area contributed by atoms with Crippen LogP contribution in [0.1, 0.15) is 56.4 Å². The summed E-state index contributed by atoms with van der Waals surface area (Å²) in [5.41, 5.74) is 0.451. The minimum Gasteiger partial charge on any atom is -0.369 e. The molecule has 1 aliphatic rings. The molecule has 0 aliphatic carbocycles. The van der Waals surface area contributed by atoms with Gasteiger partial charge in [-0.05, 0) is 32.1 Å². The van der Waals surface area contributed by atoms with Crippen LogP contribution in [0.5, 0.6) is 0 Å². The Balaban J connectivity index is 2.04. The van der Waals surface area contributed by atoms with E-state index < -0.39 is 0 Å². The maximum absolute atomic E-state index is 12.5. The van der Waals surface area contributed by atoms with E-state index in [1.54, 1.807) is 12.4 Å². The molecule has 5 nitrogen and oxygen atoms in total. The Hall–Kier alpha value is -1.65. The molecule has 1 aromatic heterocycles. The average Bonchev–Trinajstić information content (AvgIpc) is 2.52. The van der Waals surface area contributed by atoms with Gasteiger partial charge in [0.25, 0.3) is 5.91 Å². The van der Waals surface area contributed by atoms with Gasteiger partial charge < -0.3 is 10.2 Å². The predicted molar refractivity (Wildman–Crippen MR) is 79.8 cm³/mol. The van der Waals surface area contributed by atoms with E-state index >= 15 is 0 Å². The van der Waals surface area contributed by atoms with Crippen LogP contribution in [0.15, 0.2) is 12.4 Å². The zero-order chi connectivity index (χ0) is 14.4. The van der Waals surface area contributed by atoms with Crippen molar-refractivity contribution in [2.24, 2.45) is 0 Å². The Kier molecular flexibility index (Phi) is 5.32. The summed E-state index contributed by atoms with van der Waals surface area (Å²) >= 11 is 0. The lowest BCUT2D eigenvalue weighted by atomic mass is 10.00. The normalized spacial score (nSPS) is 18.9. The molecule has 1 atom stereocenters. The fraction of sp³-hybridized carbons (Fsp3) is 0.667. The van der Waals surface area contributed by atoms with Gasteiger partial charge in [0.2, 0.25) is 0 Å². The highest BCUT2D eigenvalue weighted by molar-refractivity contribution is 5.92. The zero-order valence-corrected chi connectivity index (χ0v) is 12.4. The average molecular weight is 276 g/mol. The second-order valence-electron chi connectivity index (χ2n) is 5.27. The second-order valence-corrected chi connectivity index (χ2v) is 5.27. The number of carbonyl (C=O) groups is 1. The quantitative estimate of drug-likeness (QED) is 0.898. The Morgan fingerprint density at radius 3 is 2.85 bits per heavy atom. The number of amides is 1. The summed E-state index contributed by atoms with van der Waals surface area (Å²) in [6, 6.07) is 0.357. The van der Waals surface area contributed by atoms with Crippen LogP contribution < -0.4 is 5.32 Å². The van der Waals surface area contributed by atoms with Crippen molar-refractivity contribution in [3.63, 3.8) is 0 Å². The van der Waals surface area contributed by atoms with Crippen molar-refractivity contribution >= 4 is 11.7 Å². The van der Waals surface area contributed by atoms with E-state index in [1.807, 2.05) is 4.90 Å². The molecule has 1 N–H and O–H groups in total. The van der Waals surface area contributed by atoms with Crippen molar-refractivity contribution in [1.29, 1.82) is 0 Å². The van der Waals surface area contributed by atoms with Crippen molar-refractivity contribution < 1.29 is 4.79 Å². The SMILES string of the molecule is CCCNc1cnc(C(=O)N2CCCCC2CC)cn1. The number of carbonyl (C=O) groups excluding carboxylic acids is 1. The summed E-state index contributed by atoms with van der Waals surface area (Å²) in [7, 11) is 0. The van der Waals surface area contributed by atoms with Crippen LogP contribution in [0.3, 0.4) is 0 Å². The van der Waals surface area contributed by atoms with Gasteiger partial charge in [-0.3, -0.25) is 4.79 Å². The van der Waals surface area contributed by atoms with E-state index in [0.717, 1.165) is 44.6 Å². The van der Waals surface area contributed by atoms with Crippen LogP contribution in [0.2, 0.25) is 0 Å². The fourth-order valence-corrected chi connectivity index (χ4v) is 2.62. The van der Waals surface area contributed by atoms with Crippen molar-refractivity contribution in [2.75, 3.05) is 18.4 Å². The molecule has 1 amide bonds. The van der Waals surface area contributed by atoms with Crippen molar-refractivity contribution in [1.82, 2.24) is 14.9 Å².